The molecule has 1 radical (unpaired) electrons. The van der Waals surface area contributed by atoms with Crippen LogP contribution in [0, 0.1) is 13.0 Å². The number of fused-ring (bicyclic) bond motifs is 1. The minimum Gasteiger partial charge on any atom is -0.393 e. The third-order valence-corrected chi connectivity index (χ3v) is 8.94. The van der Waals surface area contributed by atoms with Gasteiger partial charge in [-0.15, -0.1) is 35.9 Å². The van der Waals surface area contributed by atoms with E-state index in [2.05, 4.69) is 173 Å². The standard InChI is InChI=1S/C34H25N.C11H9N2.C5H12O2.Ir/c1-3-10-26(11-4-1)27-18-22-31(23-19-27)35(30-14-5-2-6-15-30)32-24-20-29(21-25-32)34-17-9-13-28-12-7-8-16-33(28)34;1-9-7-11(13-8-12-9)10-5-3-2-4-6-10;1-4(6)3-5(2)7;/h1-25H;2-5,7-8H,1H3;4-7H,3H2,1-2H3;/q;-1;;. The summed E-state index contributed by atoms with van der Waals surface area (Å²) in [5, 5.41) is 19.7. The molecule has 0 aliphatic rings. The number of nitrogens with zero attached hydrogens (tertiary/aromatic N) is 3. The van der Waals surface area contributed by atoms with Gasteiger partial charge in [0.05, 0.1) is 12.2 Å². The van der Waals surface area contributed by atoms with Gasteiger partial charge < -0.3 is 15.1 Å². The monoisotopic (exact) mass is 913 g/mol. The van der Waals surface area contributed by atoms with Gasteiger partial charge in [-0.2, -0.15) is 0 Å². The second-order valence-electron chi connectivity index (χ2n) is 13.4. The van der Waals surface area contributed by atoms with Gasteiger partial charge in [0, 0.05) is 42.9 Å². The van der Waals surface area contributed by atoms with Gasteiger partial charge in [0.15, 0.2) is 0 Å². The molecule has 283 valence electrons. The molecule has 0 saturated carbocycles. The van der Waals surface area contributed by atoms with E-state index in [0.29, 0.717) is 6.42 Å². The molecule has 0 saturated heterocycles. The van der Waals surface area contributed by atoms with E-state index in [4.69, 9.17) is 10.2 Å². The third-order valence-electron chi connectivity index (χ3n) is 8.94. The minimum absolute atomic E-state index is 0. The molecule has 0 amide bonds. The molecule has 2 unspecified atom stereocenters. The normalized spacial score (nSPS) is 11.4. The molecule has 6 heteroatoms. The molecule has 1 heterocycles. The smallest absolute Gasteiger partial charge is 0.105 e. The first-order valence-corrected chi connectivity index (χ1v) is 18.6. The zero-order chi connectivity index (χ0) is 38.4. The summed E-state index contributed by atoms with van der Waals surface area (Å²) < 4.78 is 0. The van der Waals surface area contributed by atoms with Gasteiger partial charge in [-0.1, -0.05) is 121 Å². The van der Waals surface area contributed by atoms with E-state index in [1.54, 1.807) is 20.2 Å². The number of para-hydroxylation sites is 1. The van der Waals surface area contributed by atoms with Crippen LogP contribution < -0.4 is 4.90 Å². The van der Waals surface area contributed by atoms with Gasteiger partial charge in [0.25, 0.3) is 0 Å². The summed E-state index contributed by atoms with van der Waals surface area (Å²) in [5.74, 6) is 0. The summed E-state index contributed by atoms with van der Waals surface area (Å²) in [6.45, 7) is 5.27. The summed E-state index contributed by atoms with van der Waals surface area (Å²) in [6.07, 6.45) is 1.30. The number of hydrogen-bond donors (Lipinski definition) is 2. The van der Waals surface area contributed by atoms with Crippen LogP contribution in [-0.2, 0) is 20.1 Å². The second-order valence-corrected chi connectivity index (χ2v) is 13.4. The molecular formula is C50H46IrN3O2-. The molecular weight excluding hydrogens is 867 g/mol. The number of hydrogen-bond acceptors (Lipinski definition) is 5. The van der Waals surface area contributed by atoms with E-state index < -0.39 is 0 Å². The number of aryl methyl sites for hydroxylation is 1. The average Bonchev–Trinajstić information content (AvgIpc) is 3.22. The Morgan fingerprint density at radius 3 is 1.68 bits per heavy atom. The zero-order valence-electron chi connectivity index (χ0n) is 31.8. The Labute approximate surface area is 344 Å². The van der Waals surface area contributed by atoms with Gasteiger partial charge in [0.1, 0.15) is 6.33 Å². The van der Waals surface area contributed by atoms with Crippen LogP contribution in [-0.4, -0.2) is 32.4 Å². The Morgan fingerprint density at radius 2 is 1.09 bits per heavy atom. The van der Waals surface area contributed by atoms with Crippen molar-refractivity contribution in [3.63, 3.8) is 0 Å². The molecule has 2 atom stereocenters. The SMILES string of the molecule is CC(O)CC(C)O.Cc1cc(-c2[c-]cccc2)ncn1.[Ir].c1ccc(-c2ccc(N(c3ccccc3)c3ccc(-c4cccc5ccccc45)cc3)cc2)cc1. The Bertz CT molecular complexity index is 2340. The number of aliphatic hydroxyl groups excluding tert-OH is 2. The molecule has 0 fully saturated rings. The van der Waals surface area contributed by atoms with Gasteiger partial charge in [-0.05, 0) is 102 Å². The Balaban J connectivity index is 0.000000235. The van der Waals surface area contributed by atoms with E-state index in [9.17, 15) is 0 Å². The molecule has 7 aromatic carbocycles. The molecule has 5 nitrogen and oxygen atoms in total. The fourth-order valence-corrected chi connectivity index (χ4v) is 6.37. The van der Waals surface area contributed by atoms with Gasteiger partial charge in [-0.25, -0.2) is 4.98 Å². The summed E-state index contributed by atoms with van der Waals surface area (Å²) in [4.78, 5) is 10.5. The van der Waals surface area contributed by atoms with Gasteiger partial charge in [0.2, 0.25) is 0 Å². The van der Waals surface area contributed by atoms with Crippen LogP contribution in [0.15, 0.2) is 188 Å². The predicted molar refractivity (Wildman–Crippen MR) is 229 cm³/mol. The zero-order valence-corrected chi connectivity index (χ0v) is 34.2. The number of benzene rings is 7. The number of aromatic nitrogens is 2. The van der Waals surface area contributed by atoms with Crippen molar-refractivity contribution in [3.05, 3.63) is 200 Å². The third kappa shape index (κ3) is 11.4. The maximum Gasteiger partial charge on any atom is 0.105 e. The van der Waals surface area contributed by atoms with E-state index in [-0.39, 0.29) is 32.3 Å². The maximum absolute atomic E-state index is 8.56. The van der Waals surface area contributed by atoms with E-state index >= 15 is 0 Å². The molecule has 0 aliphatic heterocycles. The largest absolute Gasteiger partial charge is 0.393 e. The van der Waals surface area contributed by atoms with Crippen molar-refractivity contribution in [3.8, 4) is 33.5 Å². The van der Waals surface area contributed by atoms with Crippen molar-refractivity contribution in [1.29, 1.82) is 0 Å². The number of anilines is 3. The van der Waals surface area contributed by atoms with Gasteiger partial charge in [-0.3, -0.25) is 4.98 Å². The summed E-state index contributed by atoms with van der Waals surface area (Å²) in [7, 11) is 0. The van der Waals surface area contributed by atoms with E-state index in [1.165, 1.54) is 33.0 Å². The van der Waals surface area contributed by atoms with E-state index in [0.717, 1.165) is 34.0 Å². The number of aliphatic hydroxyl groups is 2. The molecule has 2 N–H and O–H groups in total. The van der Waals surface area contributed by atoms with Crippen LogP contribution in [0.25, 0.3) is 44.3 Å². The van der Waals surface area contributed by atoms with Crippen LogP contribution in [0.2, 0.25) is 0 Å². The van der Waals surface area contributed by atoms with Crippen LogP contribution >= 0.6 is 0 Å². The quantitative estimate of drug-likeness (QED) is 0.149. The Hall–Kier alpha value is -5.75. The predicted octanol–water partition coefficient (Wildman–Crippen LogP) is 12.0. The van der Waals surface area contributed by atoms with Crippen molar-refractivity contribution in [2.75, 3.05) is 4.90 Å². The van der Waals surface area contributed by atoms with Crippen LogP contribution in [0.1, 0.15) is 26.0 Å². The first-order chi connectivity index (χ1) is 26.9. The van der Waals surface area contributed by atoms with Crippen LogP contribution in [0.5, 0.6) is 0 Å². The number of rotatable bonds is 8. The molecule has 8 aromatic rings. The van der Waals surface area contributed by atoms with Crippen molar-refractivity contribution < 1.29 is 30.3 Å². The fraction of sp³-hybridized carbons (Fsp3) is 0.120. The topological polar surface area (TPSA) is 69.5 Å². The molecule has 8 rings (SSSR count). The van der Waals surface area contributed by atoms with Crippen molar-refractivity contribution in [2.45, 2.75) is 39.4 Å². The summed E-state index contributed by atoms with van der Waals surface area (Å²) in [6, 6.07) is 66.7. The average molecular weight is 913 g/mol. The van der Waals surface area contributed by atoms with Gasteiger partial charge >= 0.3 is 0 Å². The second kappa shape index (κ2) is 20.8. The van der Waals surface area contributed by atoms with Crippen molar-refractivity contribution in [2.24, 2.45) is 0 Å². The maximum atomic E-state index is 8.56. The molecule has 1 aromatic heterocycles. The summed E-state index contributed by atoms with van der Waals surface area (Å²) in [5.41, 5.74) is 11.2. The van der Waals surface area contributed by atoms with Crippen molar-refractivity contribution in [1.82, 2.24) is 9.97 Å². The Morgan fingerprint density at radius 1 is 0.554 bits per heavy atom. The Kier molecular flexibility index (Phi) is 15.4. The molecule has 56 heavy (non-hydrogen) atoms. The van der Waals surface area contributed by atoms with Crippen LogP contribution in [0.4, 0.5) is 17.1 Å². The molecule has 0 aliphatic carbocycles. The van der Waals surface area contributed by atoms with Crippen molar-refractivity contribution >= 4 is 27.8 Å². The minimum atomic E-state index is -0.375. The molecule has 0 bridgehead atoms. The summed E-state index contributed by atoms with van der Waals surface area (Å²) >= 11 is 0. The van der Waals surface area contributed by atoms with Crippen LogP contribution in [0.3, 0.4) is 0 Å². The van der Waals surface area contributed by atoms with E-state index in [1.807, 2.05) is 37.3 Å². The fourth-order valence-electron chi connectivity index (χ4n) is 6.37. The molecule has 0 spiro atoms. The first-order valence-electron chi connectivity index (χ1n) is 18.6. The first kappa shape index (κ1) is 41.4.